The van der Waals surface area contributed by atoms with Gasteiger partial charge in [0.25, 0.3) is 0 Å². The van der Waals surface area contributed by atoms with Gasteiger partial charge in [-0.15, -0.1) is 11.3 Å². The number of nitrogens with zero attached hydrogens (tertiary/aromatic N) is 2. The third-order valence-electron chi connectivity index (χ3n) is 2.66. The molecular formula is C11H14BrClN4OS. The number of aromatic nitrogens is 2. The lowest BCUT2D eigenvalue weighted by atomic mass is 10.2. The van der Waals surface area contributed by atoms with Gasteiger partial charge in [0, 0.05) is 12.0 Å². The van der Waals surface area contributed by atoms with Crippen LogP contribution in [0.5, 0.6) is 0 Å². The van der Waals surface area contributed by atoms with Gasteiger partial charge in [0.05, 0.1) is 39.9 Å². The maximum absolute atomic E-state index is 5.98. The number of hydrogen-bond donors (Lipinski definition) is 2. The quantitative estimate of drug-likeness (QED) is 0.610. The van der Waals surface area contributed by atoms with Gasteiger partial charge in [0.15, 0.2) is 0 Å². The lowest BCUT2D eigenvalue weighted by molar-refractivity contribution is 0.182. The van der Waals surface area contributed by atoms with Gasteiger partial charge in [-0.3, -0.25) is 10.5 Å². The van der Waals surface area contributed by atoms with E-state index in [1.54, 1.807) is 13.3 Å². The Bertz CT molecular complexity index is 545. The molecule has 0 radical (unpaired) electrons. The molecule has 0 saturated carbocycles. The van der Waals surface area contributed by atoms with Crippen LogP contribution in [0.4, 0.5) is 0 Å². The topological polar surface area (TPSA) is 65.1 Å². The second-order valence-electron chi connectivity index (χ2n) is 3.84. The highest BCUT2D eigenvalue weighted by atomic mass is 79.9. The van der Waals surface area contributed by atoms with Crippen molar-refractivity contribution in [1.29, 1.82) is 0 Å². The molecule has 2 aromatic heterocycles. The van der Waals surface area contributed by atoms with Crippen molar-refractivity contribution < 1.29 is 4.74 Å². The van der Waals surface area contributed by atoms with Gasteiger partial charge in [-0.25, -0.2) is 5.43 Å². The summed E-state index contributed by atoms with van der Waals surface area (Å²) in [6.07, 6.45) is 1.75. The Balaban J connectivity index is 2.34. The highest BCUT2D eigenvalue weighted by Gasteiger charge is 2.22. The molecule has 0 aliphatic rings. The van der Waals surface area contributed by atoms with Gasteiger partial charge in [0.1, 0.15) is 0 Å². The fourth-order valence-electron chi connectivity index (χ4n) is 1.79. The van der Waals surface area contributed by atoms with Gasteiger partial charge >= 0.3 is 0 Å². The van der Waals surface area contributed by atoms with Crippen molar-refractivity contribution in [3.63, 3.8) is 0 Å². The van der Waals surface area contributed by atoms with Gasteiger partial charge in [-0.05, 0) is 28.1 Å². The van der Waals surface area contributed by atoms with Crippen molar-refractivity contribution in [2.75, 3.05) is 13.7 Å². The van der Waals surface area contributed by atoms with Crippen LogP contribution in [-0.4, -0.2) is 23.5 Å². The number of hydrazine groups is 1. The zero-order valence-electron chi connectivity index (χ0n) is 10.3. The van der Waals surface area contributed by atoms with Crippen LogP contribution in [0.3, 0.4) is 0 Å². The van der Waals surface area contributed by atoms with Gasteiger partial charge < -0.3 is 4.74 Å². The minimum absolute atomic E-state index is 0.161. The third-order valence-corrected chi connectivity index (χ3v) is 4.57. The van der Waals surface area contributed by atoms with E-state index in [2.05, 4.69) is 26.5 Å². The maximum atomic E-state index is 5.98. The molecule has 19 heavy (non-hydrogen) atoms. The second-order valence-corrected chi connectivity index (χ2v) is 6.44. The molecule has 0 fully saturated rings. The number of ether oxygens (including phenoxy) is 1. The first-order valence-electron chi connectivity index (χ1n) is 5.59. The summed E-state index contributed by atoms with van der Waals surface area (Å²) in [5, 5.41) is 4.32. The monoisotopic (exact) mass is 364 g/mol. The minimum Gasteiger partial charge on any atom is -0.383 e. The van der Waals surface area contributed by atoms with E-state index in [-0.39, 0.29) is 6.04 Å². The second kappa shape index (κ2) is 6.83. The fraction of sp³-hybridized carbons (Fsp3) is 0.364. The molecule has 1 atom stereocenters. The SMILES string of the molecule is COCCn1ncc(Br)c1C(NN)c1ccc(Cl)s1. The van der Waals surface area contributed by atoms with Crippen molar-refractivity contribution in [3.05, 3.63) is 37.7 Å². The normalized spacial score (nSPS) is 12.8. The van der Waals surface area contributed by atoms with Crippen LogP contribution in [0.2, 0.25) is 4.34 Å². The first kappa shape index (κ1) is 15.0. The molecule has 2 heterocycles. The Morgan fingerprint density at radius 3 is 3.00 bits per heavy atom. The molecular weight excluding hydrogens is 352 g/mol. The summed E-state index contributed by atoms with van der Waals surface area (Å²) in [5.41, 5.74) is 3.77. The molecule has 5 nitrogen and oxygen atoms in total. The molecule has 0 aliphatic carbocycles. The molecule has 1 unspecified atom stereocenters. The van der Waals surface area contributed by atoms with E-state index in [9.17, 15) is 0 Å². The van der Waals surface area contributed by atoms with Crippen LogP contribution >= 0.6 is 38.9 Å². The maximum Gasteiger partial charge on any atom is 0.0982 e. The van der Waals surface area contributed by atoms with Gasteiger partial charge in [0.2, 0.25) is 0 Å². The van der Waals surface area contributed by atoms with Crippen molar-refractivity contribution in [1.82, 2.24) is 15.2 Å². The molecule has 2 rings (SSSR count). The Morgan fingerprint density at radius 2 is 2.42 bits per heavy atom. The molecule has 2 aromatic rings. The Kier molecular flexibility index (Phi) is 5.37. The third kappa shape index (κ3) is 3.36. The zero-order chi connectivity index (χ0) is 13.8. The number of rotatable bonds is 6. The zero-order valence-corrected chi connectivity index (χ0v) is 13.4. The molecule has 0 spiro atoms. The van der Waals surface area contributed by atoms with E-state index in [1.165, 1.54) is 11.3 Å². The van der Waals surface area contributed by atoms with E-state index >= 15 is 0 Å². The van der Waals surface area contributed by atoms with Gasteiger partial charge in [-0.2, -0.15) is 5.10 Å². The summed E-state index contributed by atoms with van der Waals surface area (Å²) in [7, 11) is 1.66. The van der Waals surface area contributed by atoms with Crippen LogP contribution < -0.4 is 11.3 Å². The fourth-order valence-corrected chi connectivity index (χ4v) is 3.44. The first-order valence-corrected chi connectivity index (χ1v) is 7.57. The highest BCUT2D eigenvalue weighted by Crippen LogP contribution is 2.33. The van der Waals surface area contributed by atoms with Gasteiger partial charge in [-0.1, -0.05) is 11.6 Å². The van der Waals surface area contributed by atoms with E-state index < -0.39 is 0 Å². The highest BCUT2D eigenvalue weighted by molar-refractivity contribution is 9.10. The van der Waals surface area contributed by atoms with Crippen molar-refractivity contribution in [2.45, 2.75) is 12.6 Å². The van der Waals surface area contributed by atoms with Crippen LogP contribution in [0.1, 0.15) is 16.6 Å². The average molecular weight is 366 g/mol. The number of nitrogens with two attached hydrogens (primary N) is 1. The van der Waals surface area contributed by atoms with E-state index in [4.69, 9.17) is 22.2 Å². The molecule has 8 heteroatoms. The van der Waals surface area contributed by atoms with Crippen molar-refractivity contribution >= 4 is 38.9 Å². The van der Waals surface area contributed by atoms with Crippen molar-refractivity contribution in [2.24, 2.45) is 5.84 Å². The predicted octanol–water partition coefficient (Wildman–Crippen LogP) is 2.56. The van der Waals surface area contributed by atoms with Crippen LogP contribution in [-0.2, 0) is 11.3 Å². The van der Waals surface area contributed by atoms with Crippen molar-refractivity contribution in [3.8, 4) is 0 Å². The summed E-state index contributed by atoms with van der Waals surface area (Å²) in [5.74, 6) is 5.69. The van der Waals surface area contributed by atoms with Crippen LogP contribution in [0.25, 0.3) is 0 Å². The molecule has 0 amide bonds. The smallest absolute Gasteiger partial charge is 0.0982 e. The lowest BCUT2D eigenvalue weighted by Gasteiger charge is -2.17. The summed E-state index contributed by atoms with van der Waals surface area (Å²) in [4.78, 5) is 1.03. The molecule has 0 aromatic carbocycles. The lowest BCUT2D eigenvalue weighted by Crippen LogP contribution is -2.30. The number of thiophene rings is 1. The molecule has 0 bridgehead atoms. The van der Waals surface area contributed by atoms with Crippen LogP contribution in [0, 0.1) is 0 Å². The number of halogens is 2. The molecule has 104 valence electrons. The summed E-state index contributed by atoms with van der Waals surface area (Å²) in [6, 6.07) is 3.65. The average Bonchev–Trinajstić information content (AvgIpc) is 2.97. The molecule has 0 aliphatic heterocycles. The summed E-state index contributed by atoms with van der Waals surface area (Å²) in [6.45, 7) is 1.25. The predicted molar refractivity (Wildman–Crippen MR) is 80.3 cm³/mol. The van der Waals surface area contributed by atoms with E-state index in [0.29, 0.717) is 13.2 Å². The summed E-state index contributed by atoms with van der Waals surface area (Å²) >= 11 is 11.0. The Hall–Kier alpha value is -0.440. The van der Waals surface area contributed by atoms with Crippen LogP contribution in [0.15, 0.2) is 22.8 Å². The Morgan fingerprint density at radius 1 is 1.63 bits per heavy atom. The standard InChI is InChI=1S/C11H14BrClN4OS/c1-18-5-4-17-11(7(12)6-15-17)10(16-14)8-2-3-9(13)19-8/h2-3,6,10,16H,4-5,14H2,1H3. The summed E-state index contributed by atoms with van der Waals surface area (Å²) < 4.78 is 8.58. The van der Waals surface area contributed by atoms with E-state index in [1.807, 2.05) is 16.8 Å². The molecule has 3 N–H and O–H groups in total. The van der Waals surface area contributed by atoms with E-state index in [0.717, 1.165) is 19.4 Å². The minimum atomic E-state index is -0.161. The Labute approximate surface area is 128 Å². The number of hydrogen-bond acceptors (Lipinski definition) is 5. The molecule has 0 saturated heterocycles. The number of nitrogens with one attached hydrogen (secondary N) is 1. The largest absolute Gasteiger partial charge is 0.383 e. The first-order chi connectivity index (χ1) is 9.17. The number of methoxy groups -OCH3 is 1.